The Morgan fingerprint density at radius 1 is 0.909 bits per heavy atom. The van der Waals surface area contributed by atoms with E-state index in [1.165, 1.54) is 0 Å². The summed E-state index contributed by atoms with van der Waals surface area (Å²) in [5, 5.41) is 39.6. The van der Waals surface area contributed by atoms with E-state index < -0.39 is 61.0 Å². The molecule has 0 bridgehead atoms. The van der Waals surface area contributed by atoms with Gasteiger partial charge in [-0.25, -0.2) is 0 Å². The van der Waals surface area contributed by atoms with Crippen molar-refractivity contribution in [3.05, 3.63) is 0 Å². The van der Waals surface area contributed by atoms with Crippen LogP contribution in [-0.2, 0) is 9.47 Å². The maximum Gasteiger partial charge on any atom is 0.176 e. The van der Waals surface area contributed by atoms with Crippen molar-refractivity contribution < 1.29 is 29.9 Å². The fourth-order valence-electron chi connectivity index (χ4n) is 2.89. The Morgan fingerprint density at radius 3 is 2.14 bits per heavy atom. The van der Waals surface area contributed by atoms with Gasteiger partial charge >= 0.3 is 0 Å². The third-order valence-corrected chi connectivity index (χ3v) is 4.36. The Bertz CT molecular complexity index is 376. The molecular weight excluding hydrogens is 296 g/mol. The first kappa shape index (κ1) is 17.9. The molecule has 12 N–H and O–H groups in total. The number of nitrogens with two attached hydrogens (primary N) is 4. The first-order valence-electron chi connectivity index (χ1n) is 7.28. The Balaban J connectivity index is 2.08. The highest BCUT2D eigenvalue weighted by atomic mass is 16.7. The highest BCUT2D eigenvalue weighted by molar-refractivity contribution is 4.99. The van der Waals surface area contributed by atoms with Crippen LogP contribution in [0.3, 0.4) is 0 Å². The van der Waals surface area contributed by atoms with Crippen molar-refractivity contribution in [2.45, 2.75) is 67.5 Å². The zero-order valence-electron chi connectivity index (χ0n) is 12.1. The lowest BCUT2D eigenvalue weighted by Gasteiger charge is -2.45. The van der Waals surface area contributed by atoms with Crippen LogP contribution in [0.2, 0.25) is 0 Å². The van der Waals surface area contributed by atoms with Gasteiger partial charge in [0.1, 0.15) is 30.5 Å². The van der Waals surface area contributed by atoms with Crippen molar-refractivity contribution in [3.63, 3.8) is 0 Å². The molecule has 10 atom stereocenters. The van der Waals surface area contributed by atoms with Crippen LogP contribution in [0.15, 0.2) is 0 Å². The van der Waals surface area contributed by atoms with E-state index >= 15 is 0 Å². The summed E-state index contributed by atoms with van der Waals surface area (Å²) < 4.78 is 11.0. The van der Waals surface area contributed by atoms with Gasteiger partial charge in [-0.05, 0) is 6.42 Å². The first-order chi connectivity index (χ1) is 10.3. The van der Waals surface area contributed by atoms with E-state index in [0.29, 0.717) is 0 Å². The molecule has 0 spiro atoms. The predicted octanol–water partition coefficient (Wildman–Crippen LogP) is -5.12. The SMILES string of the molecule is NCC1O[C@H](O[C@@H]2C(N)C[C@H](N)C(O)[C@@H]2O)C(N)[C@H](O)[C@@H]1O. The number of aliphatic hydroxyl groups is 4. The van der Waals surface area contributed by atoms with Crippen LogP contribution >= 0.6 is 0 Å². The van der Waals surface area contributed by atoms with Crippen molar-refractivity contribution in [2.75, 3.05) is 6.54 Å². The fourth-order valence-corrected chi connectivity index (χ4v) is 2.89. The predicted molar refractivity (Wildman–Crippen MR) is 75.2 cm³/mol. The smallest absolute Gasteiger partial charge is 0.176 e. The highest BCUT2D eigenvalue weighted by Gasteiger charge is 2.47. The van der Waals surface area contributed by atoms with Crippen LogP contribution < -0.4 is 22.9 Å². The molecule has 10 nitrogen and oxygen atoms in total. The molecule has 1 aliphatic carbocycles. The first-order valence-corrected chi connectivity index (χ1v) is 7.28. The standard InChI is InChI=1S/C12H26N4O6/c13-2-5-8(18)9(19)6(16)12(21-5)22-11-4(15)1-3(14)7(17)10(11)20/h3-12,17-20H,1-2,13-16H2/t3-,4?,5?,6?,7?,8+,9-,10-,11+,12+/m0/s1. The van der Waals surface area contributed by atoms with Crippen LogP contribution in [-0.4, -0.2) is 88.0 Å². The molecule has 0 aromatic heterocycles. The minimum absolute atomic E-state index is 0.0441. The third-order valence-electron chi connectivity index (χ3n) is 4.36. The van der Waals surface area contributed by atoms with E-state index in [4.69, 9.17) is 32.4 Å². The molecule has 0 aromatic rings. The van der Waals surface area contributed by atoms with Crippen LogP contribution in [0.1, 0.15) is 6.42 Å². The second-order valence-electron chi connectivity index (χ2n) is 5.98. The van der Waals surface area contributed by atoms with Gasteiger partial charge in [0.2, 0.25) is 0 Å². The summed E-state index contributed by atoms with van der Waals surface area (Å²) >= 11 is 0. The minimum atomic E-state index is -1.31. The Morgan fingerprint density at radius 2 is 1.55 bits per heavy atom. The van der Waals surface area contributed by atoms with E-state index in [1.807, 2.05) is 0 Å². The molecule has 130 valence electrons. The van der Waals surface area contributed by atoms with E-state index in [0.717, 1.165) is 0 Å². The maximum absolute atomic E-state index is 10.1. The monoisotopic (exact) mass is 322 g/mol. The lowest BCUT2D eigenvalue weighted by molar-refractivity contribution is -0.287. The molecular formula is C12H26N4O6. The summed E-state index contributed by atoms with van der Waals surface area (Å²) in [6.45, 7) is -0.0441. The summed E-state index contributed by atoms with van der Waals surface area (Å²) in [5.41, 5.74) is 22.8. The van der Waals surface area contributed by atoms with Crippen molar-refractivity contribution >= 4 is 0 Å². The largest absolute Gasteiger partial charge is 0.389 e. The van der Waals surface area contributed by atoms with Crippen LogP contribution in [0.5, 0.6) is 0 Å². The zero-order chi connectivity index (χ0) is 16.6. The number of hydrogen-bond donors (Lipinski definition) is 8. The van der Waals surface area contributed by atoms with Crippen LogP contribution in [0, 0.1) is 0 Å². The van der Waals surface area contributed by atoms with Crippen molar-refractivity contribution in [1.29, 1.82) is 0 Å². The summed E-state index contributed by atoms with van der Waals surface area (Å²) in [5.74, 6) is 0. The maximum atomic E-state index is 10.1. The van der Waals surface area contributed by atoms with Crippen molar-refractivity contribution in [3.8, 4) is 0 Å². The molecule has 1 aliphatic heterocycles. The summed E-state index contributed by atoms with van der Waals surface area (Å²) in [6, 6.07) is -2.34. The van der Waals surface area contributed by atoms with Gasteiger partial charge in [-0.2, -0.15) is 0 Å². The number of rotatable bonds is 3. The molecule has 1 heterocycles. The molecule has 0 amide bonds. The molecule has 1 saturated heterocycles. The quantitative estimate of drug-likeness (QED) is 0.248. The molecule has 2 aliphatic rings. The van der Waals surface area contributed by atoms with E-state index in [1.54, 1.807) is 0 Å². The fraction of sp³-hybridized carbons (Fsp3) is 1.00. The van der Waals surface area contributed by atoms with Gasteiger partial charge in [-0.1, -0.05) is 0 Å². The lowest BCUT2D eigenvalue weighted by Crippen LogP contribution is -2.67. The Labute approximate surface area is 128 Å². The Hall–Kier alpha value is -0.400. The van der Waals surface area contributed by atoms with E-state index in [-0.39, 0.29) is 13.0 Å². The summed E-state index contributed by atoms with van der Waals surface area (Å²) in [6.07, 6.45) is -7.73. The normalized spacial score (nSPS) is 53.5. The van der Waals surface area contributed by atoms with Gasteiger partial charge in [-0.3, -0.25) is 0 Å². The Kier molecular flexibility index (Phi) is 5.72. The van der Waals surface area contributed by atoms with Gasteiger partial charge in [0.05, 0.1) is 12.1 Å². The molecule has 2 fully saturated rings. The average Bonchev–Trinajstić information content (AvgIpc) is 2.49. The molecule has 4 unspecified atom stereocenters. The molecule has 0 aromatic carbocycles. The molecule has 1 saturated carbocycles. The van der Waals surface area contributed by atoms with Gasteiger partial charge < -0.3 is 52.8 Å². The van der Waals surface area contributed by atoms with E-state index in [9.17, 15) is 20.4 Å². The van der Waals surface area contributed by atoms with Gasteiger partial charge in [0.25, 0.3) is 0 Å². The molecule has 2 rings (SSSR count). The molecule has 0 radical (unpaired) electrons. The minimum Gasteiger partial charge on any atom is -0.389 e. The highest BCUT2D eigenvalue weighted by Crippen LogP contribution is 2.26. The van der Waals surface area contributed by atoms with Crippen molar-refractivity contribution in [2.24, 2.45) is 22.9 Å². The van der Waals surface area contributed by atoms with Gasteiger partial charge in [0.15, 0.2) is 6.29 Å². The molecule has 22 heavy (non-hydrogen) atoms. The summed E-state index contributed by atoms with van der Waals surface area (Å²) in [4.78, 5) is 0. The summed E-state index contributed by atoms with van der Waals surface area (Å²) in [7, 11) is 0. The van der Waals surface area contributed by atoms with E-state index in [2.05, 4.69) is 0 Å². The average molecular weight is 322 g/mol. The third kappa shape index (κ3) is 3.26. The van der Waals surface area contributed by atoms with Gasteiger partial charge in [-0.15, -0.1) is 0 Å². The topological polar surface area (TPSA) is 203 Å². The molecule has 10 heteroatoms. The number of hydrogen-bond acceptors (Lipinski definition) is 10. The zero-order valence-corrected chi connectivity index (χ0v) is 12.1. The van der Waals surface area contributed by atoms with Crippen molar-refractivity contribution in [1.82, 2.24) is 0 Å². The van der Waals surface area contributed by atoms with Crippen LogP contribution in [0.25, 0.3) is 0 Å². The van der Waals surface area contributed by atoms with Crippen LogP contribution in [0.4, 0.5) is 0 Å². The van der Waals surface area contributed by atoms with Gasteiger partial charge in [0, 0.05) is 18.6 Å². The second-order valence-corrected chi connectivity index (χ2v) is 5.98. The number of aliphatic hydroxyl groups excluding tert-OH is 4. The second kappa shape index (κ2) is 7.01. The lowest BCUT2D eigenvalue weighted by atomic mass is 9.84. The number of ether oxygens (including phenoxy) is 2.